The quantitative estimate of drug-likeness (QED) is 0.819. The van der Waals surface area contributed by atoms with Gasteiger partial charge in [-0.15, -0.1) is 0 Å². The molecule has 1 amide bonds. The summed E-state index contributed by atoms with van der Waals surface area (Å²) in [6, 6.07) is 10.2. The average molecular weight is 275 g/mol. The fourth-order valence-corrected chi connectivity index (χ4v) is 2.68. The van der Waals surface area contributed by atoms with Crippen LogP contribution in [0.25, 0.3) is 0 Å². The zero-order valence-corrected chi connectivity index (χ0v) is 12.2. The Morgan fingerprint density at radius 1 is 1.45 bits per heavy atom. The van der Waals surface area contributed by atoms with Crippen LogP contribution in [0.3, 0.4) is 0 Å². The number of carbonyl (C=O) groups is 1. The van der Waals surface area contributed by atoms with E-state index in [4.69, 9.17) is 5.73 Å². The zero-order valence-electron chi connectivity index (χ0n) is 12.2. The van der Waals surface area contributed by atoms with Crippen molar-refractivity contribution in [3.63, 3.8) is 0 Å². The molecule has 2 rings (SSSR count). The van der Waals surface area contributed by atoms with E-state index in [1.807, 2.05) is 18.2 Å². The van der Waals surface area contributed by atoms with Crippen molar-refractivity contribution < 1.29 is 4.79 Å². The number of nitrogens with two attached hydrogens (primary N) is 1. The summed E-state index contributed by atoms with van der Waals surface area (Å²) in [5.74, 6) is -0.0266. The Morgan fingerprint density at radius 2 is 2.20 bits per heavy atom. The van der Waals surface area contributed by atoms with Crippen LogP contribution in [0.1, 0.15) is 24.8 Å². The first-order valence-corrected chi connectivity index (χ1v) is 7.44. The summed E-state index contributed by atoms with van der Waals surface area (Å²) in [5.41, 5.74) is 7.19. The van der Waals surface area contributed by atoms with Crippen molar-refractivity contribution in [3.8, 4) is 0 Å². The maximum atomic E-state index is 12.0. The summed E-state index contributed by atoms with van der Waals surface area (Å²) >= 11 is 0. The van der Waals surface area contributed by atoms with E-state index in [0.29, 0.717) is 19.0 Å². The third-order valence-corrected chi connectivity index (χ3v) is 4.11. The van der Waals surface area contributed by atoms with Gasteiger partial charge in [0.25, 0.3) is 0 Å². The third-order valence-electron chi connectivity index (χ3n) is 4.11. The van der Waals surface area contributed by atoms with E-state index in [-0.39, 0.29) is 5.91 Å². The molecule has 2 atom stereocenters. The monoisotopic (exact) mass is 275 g/mol. The summed E-state index contributed by atoms with van der Waals surface area (Å²) in [5, 5.41) is 2.99. The molecule has 0 aliphatic carbocycles. The SMILES string of the molecule is CN1CCCC1CNC(=O)[C@@H](N)CCc1ccccc1. The van der Waals surface area contributed by atoms with E-state index in [0.717, 1.165) is 19.4 Å². The number of aryl methyl sites for hydroxylation is 1. The molecule has 0 radical (unpaired) electrons. The van der Waals surface area contributed by atoms with E-state index < -0.39 is 6.04 Å². The van der Waals surface area contributed by atoms with Gasteiger partial charge in [0.2, 0.25) is 5.91 Å². The highest BCUT2D eigenvalue weighted by molar-refractivity contribution is 5.81. The second-order valence-electron chi connectivity index (χ2n) is 5.65. The second kappa shape index (κ2) is 7.41. The van der Waals surface area contributed by atoms with Crippen LogP contribution in [-0.2, 0) is 11.2 Å². The number of rotatable bonds is 6. The van der Waals surface area contributed by atoms with Crippen molar-refractivity contribution in [1.29, 1.82) is 0 Å². The average Bonchev–Trinajstić information content (AvgIpc) is 2.88. The lowest BCUT2D eigenvalue weighted by molar-refractivity contribution is -0.122. The molecule has 1 aromatic rings. The maximum absolute atomic E-state index is 12.0. The molecule has 1 unspecified atom stereocenters. The van der Waals surface area contributed by atoms with Crippen LogP contribution in [-0.4, -0.2) is 43.0 Å². The summed E-state index contributed by atoms with van der Waals surface area (Å²) in [4.78, 5) is 14.3. The van der Waals surface area contributed by atoms with Crippen molar-refractivity contribution in [2.75, 3.05) is 20.1 Å². The van der Waals surface area contributed by atoms with Crippen LogP contribution in [0.2, 0.25) is 0 Å². The number of nitrogens with zero attached hydrogens (tertiary/aromatic N) is 1. The summed E-state index contributed by atoms with van der Waals surface area (Å²) in [6.45, 7) is 1.84. The first kappa shape index (κ1) is 15.0. The van der Waals surface area contributed by atoms with Gasteiger partial charge >= 0.3 is 0 Å². The minimum Gasteiger partial charge on any atom is -0.353 e. The second-order valence-corrected chi connectivity index (χ2v) is 5.65. The number of benzene rings is 1. The molecule has 0 aromatic heterocycles. The number of hydrogen-bond acceptors (Lipinski definition) is 3. The Kier molecular flexibility index (Phi) is 5.56. The van der Waals surface area contributed by atoms with E-state index in [1.165, 1.54) is 12.0 Å². The minimum atomic E-state index is -0.415. The molecular weight excluding hydrogens is 250 g/mol. The predicted octanol–water partition coefficient (Wildman–Crippen LogP) is 1.16. The Morgan fingerprint density at radius 3 is 2.85 bits per heavy atom. The highest BCUT2D eigenvalue weighted by Crippen LogP contribution is 2.13. The molecule has 110 valence electrons. The van der Waals surface area contributed by atoms with Gasteiger partial charge in [-0.25, -0.2) is 0 Å². The summed E-state index contributed by atoms with van der Waals surface area (Å²) in [7, 11) is 2.11. The fraction of sp³-hybridized carbons (Fsp3) is 0.562. The Labute approximate surface area is 121 Å². The number of nitrogens with one attached hydrogen (secondary N) is 1. The number of likely N-dealkylation sites (N-methyl/N-ethyl adjacent to an activating group) is 1. The number of carbonyl (C=O) groups excluding carboxylic acids is 1. The van der Waals surface area contributed by atoms with Crippen LogP contribution >= 0.6 is 0 Å². The highest BCUT2D eigenvalue weighted by atomic mass is 16.2. The summed E-state index contributed by atoms with van der Waals surface area (Å²) in [6.07, 6.45) is 3.92. The van der Waals surface area contributed by atoms with E-state index >= 15 is 0 Å². The molecule has 1 saturated heterocycles. The van der Waals surface area contributed by atoms with Gasteiger partial charge in [0, 0.05) is 12.6 Å². The Hall–Kier alpha value is -1.39. The van der Waals surface area contributed by atoms with Gasteiger partial charge in [-0.1, -0.05) is 30.3 Å². The largest absolute Gasteiger partial charge is 0.353 e. The number of likely N-dealkylation sites (tertiary alicyclic amines) is 1. The maximum Gasteiger partial charge on any atom is 0.236 e. The van der Waals surface area contributed by atoms with Crippen molar-refractivity contribution in [1.82, 2.24) is 10.2 Å². The van der Waals surface area contributed by atoms with Crippen LogP contribution in [0, 0.1) is 0 Å². The van der Waals surface area contributed by atoms with Gasteiger partial charge in [0.1, 0.15) is 0 Å². The van der Waals surface area contributed by atoms with Gasteiger partial charge < -0.3 is 16.0 Å². The molecule has 4 heteroatoms. The number of hydrogen-bond donors (Lipinski definition) is 2. The van der Waals surface area contributed by atoms with Crippen molar-refractivity contribution in [2.24, 2.45) is 5.73 Å². The van der Waals surface area contributed by atoms with Gasteiger partial charge in [-0.2, -0.15) is 0 Å². The molecule has 1 fully saturated rings. The van der Waals surface area contributed by atoms with Crippen molar-refractivity contribution in [2.45, 2.75) is 37.8 Å². The highest BCUT2D eigenvalue weighted by Gasteiger charge is 2.22. The molecule has 3 N–H and O–H groups in total. The summed E-state index contributed by atoms with van der Waals surface area (Å²) < 4.78 is 0. The van der Waals surface area contributed by atoms with Crippen LogP contribution in [0.4, 0.5) is 0 Å². The number of amides is 1. The van der Waals surface area contributed by atoms with Crippen molar-refractivity contribution in [3.05, 3.63) is 35.9 Å². The van der Waals surface area contributed by atoms with Gasteiger partial charge in [-0.3, -0.25) is 4.79 Å². The van der Waals surface area contributed by atoms with E-state index in [9.17, 15) is 4.79 Å². The molecule has 1 aliphatic rings. The van der Waals surface area contributed by atoms with Gasteiger partial charge in [-0.05, 0) is 44.8 Å². The lowest BCUT2D eigenvalue weighted by atomic mass is 10.1. The molecule has 1 aromatic carbocycles. The van der Waals surface area contributed by atoms with Crippen molar-refractivity contribution >= 4 is 5.91 Å². The molecule has 0 spiro atoms. The lowest BCUT2D eigenvalue weighted by Gasteiger charge is -2.21. The molecule has 1 heterocycles. The molecular formula is C16H25N3O. The molecule has 20 heavy (non-hydrogen) atoms. The Bertz CT molecular complexity index is 421. The Balaban J connectivity index is 1.69. The van der Waals surface area contributed by atoms with Gasteiger partial charge in [0.15, 0.2) is 0 Å². The molecule has 1 aliphatic heterocycles. The zero-order chi connectivity index (χ0) is 14.4. The first-order chi connectivity index (χ1) is 9.66. The topological polar surface area (TPSA) is 58.4 Å². The first-order valence-electron chi connectivity index (χ1n) is 7.44. The molecule has 0 saturated carbocycles. The normalized spacial score (nSPS) is 20.8. The van der Waals surface area contributed by atoms with Crippen LogP contribution < -0.4 is 11.1 Å². The molecule has 4 nitrogen and oxygen atoms in total. The smallest absolute Gasteiger partial charge is 0.236 e. The van der Waals surface area contributed by atoms with E-state index in [2.05, 4.69) is 29.4 Å². The predicted molar refractivity (Wildman–Crippen MR) is 81.4 cm³/mol. The van der Waals surface area contributed by atoms with Crippen LogP contribution in [0.15, 0.2) is 30.3 Å². The van der Waals surface area contributed by atoms with Crippen LogP contribution in [0.5, 0.6) is 0 Å². The standard InChI is InChI=1S/C16H25N3O/c1-19-11-5-8-14(19)12-18-16(20)15(17)10-9-13-6-3-2-4-7-13/h2-4,6-7,14-15H,5,8-12,17H2,1H3,(H,18,20)/t14?,15-/m0/s1. The fourth-order valence-electron chi connectivity index (χ4n) is 2.68. The van der Waals surface area contributed by atoms with E-state index in [1.54, 1.807) is 0 Å². The van der Waals surface area contributed by atoms with Gasteiger partial charge in [0.05, 0.1) is 6.04 Å². The minimum absolute atomic E-state index is 0.0266. The third kappa shape index (κ3) is 4.32. The lowest BCUT2D eigenvalue weighted by Crippen LogP contribution is -2.45. The molecule has 0 bridgehead atoms.